The Hall–Kier alpha value is -2.54. The second-order valence-corrected chi connectivity index (χ2v) is 6.17. The molecule has 2 fully saturated rings. The van der Waals surface area contributed by atoms with Crippen molar-refractivity contribution in [3.05, 3.63) is 36.8 Å². The molecular weight excluding hydrogens is 290 g/mol. The van der Waals surface area contributed by atoms with Crippen LogP contribution in [0.15, 0.2) is 36.8 Å². The molecule has 7 heteroatoms. The van der Waals surface area contributed by atoms with Crippen molar-refractivity contribution in [2.75, 3.05) is 24.5 Å². The normalized spacial score (nSPS) is 23.6. The van der Waals surface area contributed by atoms with E-state index in [4.69, 9.17) is 4.98 Å². The maximum Gasteiger partial charge on any atom is 0.226 e. The minimum Gasteiger partial charge on any atom is -0.336 e. The van der Waals surface area contributed by atoms with Crippen molar-refractivity contribution in [2.45, 2.75) is 12.5 Å². The van der Waals surface area contributed by atoms with Crippen molar-refractivity contribution in [3.63, 3.8) is 0 Å². The van der Waals surface area contributed by atoms with Gasteiger partial charge in [0.25, 0.3) is 0 Å². The van der Waals surface area contributed by atoms with Crippen LogP contribution in [0.4, 0.5) is 5.95 Å². The average Bonchev–Trinajstić information content (AvgIpc) is 3.30. The number of aromatic nitrogens is 5. The number of hydrogen-bond donors (Lipinski definition) is 1. The van der Waals surface area contributed by atoms with E-state index in [0.29, 0.717) is 6.04 Å². The molecule has 0 radical (unpaired) electrons. The van der Waals surface area contributed by atoms with Crippen molar-refractivity contribution in [1.82, 2.24) is 30.1 Å². The Bertz CT molecular complexity index is 858. The Morgan fingerprint density at radius 1 is 1.13 bits per heavy atom. The molecule has 2 atom stereocenters. The fourth-order valence-electron chi connectivity index (χ4n) is 3.76. The summed E-state index contributed by atoms with van der Waals surface area (Å²) in [6.07, 6.45) is 6.60. The van der Waals surface area contributed by atoms with Crippen LogP contribution < -0.4 is 10.2 Å². The predicted octanol–water partition coefficient (Wildman–Crippen LogP) is 0.984. The van der Waals surface area contributed by atoms with Gasteiger partial charge in [0.2, 0.25) is 5.95 Å². The molecule has 2 unspecified atom stereocenters. The van der Waals surface area contributed by atoms with Crippen molar-refractivity contribution in [3.8, 4) is 11.3 Å². The van der Waals surface area contributed by atoms with E-state index in [1.54, 1.807) is 10.8 Å². The van der Waals surface area contributed by atoms with Gasteiger partial charge in [-0.3, -0.25) is 0 Å². The summed E-state index contributed by atoms with van der Waals surface area (Å²) < 4.78 is 1.63. The zero-order valence-electron chi connectivity index (χ0n) is 12.6. The van der Waals surface area contributed by atoms with Crippen LogP contribution in [0.3, 0.4) is 0 Å². The lowest BCUT2D eigenvalue weighted by molar-refractivity contribution is 0.576. The van der Waals surface area contributed by atoms with E-state index in [0.717, 1.165) is 48.3 Å². The van der Waals surface area contributed by atoms with Crippen LogP contribution in [0.5, 0.6) is 0 Å². The molecule has 2 saturated heterocycles. The van der Waals surface area contributed by atoms with Gasteiger partial charge in [-0.2, -0.15) is 14.8 Å². The molecule has 0 saturated carbocycles. The van der Waals surface area contributed by atoms with Crippen LogP contribution in [-0.4, -0.2) is 50.5 Å². The van der Waals surface area contributed by atoms with E-state index in [1.165, 1.54) is 6.42 Å². The summed E-state index contributed by atoms with van der Waals surface area (Å²) in [7, 11) is 0. The first-order valence-corrected chi connectivity index (χ1v) is 8.00. The highest BCUT2D eigenvalue weighted by Crippen LogP contribution is 2.31. The van der Waals surface area contributed by atoms with Crippen molar-refractivity contribution in [2.24, 2.45) is 5.92 Å². The fraction of sp³-hybridized carbons (Fsp3) is 0.375. The van der Waals surface area contributed by atoms with Crippen LogP contribution in [-0.2, 0) is 0 Å². The molecule has 2 aliphatic heterocycles. The van der Waals surface area contributed by atoms with Gasteiger partial charge in [0, 0.05) is 43.6 Å². The quantitative estimate of drug-likeness (QED) is 0.761. The summed E-state index contributed by atoms with van der Waals surface area (Å²) in [6.45, 7) is 3.18. The Balaban J connectivity index is 1.55. The molecule has 23 heavy (non-hydrogen) atoms. The molecule has 3 aromatic heterocycles. The first-order valence-electron chi connectivity index (χ1n) is 8.00. The summed E-state index contributed by atoms with van der Waals surface area (Å²) >= 11 is 0. The summed E-state index contributed by atoms with van der Waals surface area (Å²) in [5, 5.41) is 12.0. The molecule has 0 spiro atoms. The first kappa shape index (κ1) is 13.0. The molecule has 116 valence electrons. The topological polar surface area (TPSA) is 71.2 Å². The number of rotatable bonds is 2. The van der Waals surface area contributed by atoms with E-state index in [-0.39, 0.29) is 0 Å². The van der Waals surface area contributed by atoms with Gasteiger partial charge in [0.15, 0.2) is 0 Å². The lowest BCUT2D eigenvalue weighted by Crippen LogP contribution is -2.35. The lowest BCUT2D eigenvalue weighted by Gasteiger charge is -2.23. The highest BCUT2D eigenvalue weighted by atomic mass is 15.4. The maximum atomic E-state index is 4.81. The second kappa shape index (κ2) is 4.99. The van der Waals surface area contributed by atoms with E-state index in [1.807, 2.05) is 30.6 Å². The Morgan fingerprint density at radius 3 is 3.13 bits per heavy atom. The monoisotopic (exact) mass is 307 g/mol. The molecule has 7 nitrogen and oxygen atoms in total. The summed E-state index contributed by atoms with van der Waals surface area (Å²) in [4.78, 5) is 11.7. The largest absolute Gasteiger partial charge is 0.336 e. The van der Waals surface area contributed by atoms with Crippen molar-refractivity contribution >= 4 is 11.5 Å². The molecule has 0 amide bonds. The average molecular weight is 307 g/mol. The van der Waals surface area contributed by atoms with E-state index in [9.17, 15) is 0 Å². The molecule has 5 heterocycles. The van der Waals surface area contributed by atoms with Crippen LogP contribution >= 0.6 is 0 Å². The van der Waals surface area contributed by atoms with Gasteiger partial charge in [-0.15, -0.1) is 0 Å². The van der Waals surface area contributed by atoms with E-state index in [2.05, 4.69) is 25.4 Å². The highest BCUT2D eigenvalue weighted by molar-refractivity contribution is 5.77. The zero-order valence-corrected chi connectivity index (χ0v) is 12.6. The van der Waals surface area contributed by atoms with Gasteiger partial charge >= 0.3 is 0 Å². The van der Waals surface area contributed by atoms with Crippen molar-refractivity contribution < 1.29 is 0 Å². The molecule has 1 N–H and O–H groups in total. The van der Waals surface area contributed by atoms with Gasteiger partial charge in [-0.25, -0.2) is 9.97 Å². The number of nitrogens with zero attached hydrogens (tertiary/aromatic N) is 6. The highest BCUT2D eigenvalue weighted by Gasteiger charge is 2.38. The standard InChI is InChI=1S/C16H17N7/c1-2-14-12(9-20-23(14)19-5-1)13-3-6-18-16(21-13)22-7-4-11-8-17-10-15(11)22/h1-3,5-6,9,11,15,17H,4,7-8,10H2. The van der Waals surface area contributed by atoms with Gasteiger partial charge in [-0.05, 0) is 30.5 Å². The Kier molecular flexibility index (Phi) is 2.81. The number of nitrogens with one attached hydrogen (secondary N) is 1. The number of fused-ring (bicyclic) bond motifs is 2. The SMILES string of the molecule is c1cnn2ncc(-c3ccnc(N4CCC5CNCC54)n3)c2c1. The van der Waals surface area contributed by atoms with Crippen LogP contribution in [0.25, 0.3) is 16.8 Å². The summed E-state index contributed by atoms with van der Waals surface area (Å²) in [6, 6.07) is 6.38. The van der Waals surface area contributed by atoms with Gasteiger partial charge in [-0.1, -0.05) is 0 Å². The molecule has 0 aromatic carbocycles. The van der Waals surface area contributed by atoms with E-state index < -0.39 is 0 Å². The predicted molar refractivity (Wildman–Crippen MR) is 86.1 cm³/mol. The van der Waals surface area contributed by atoms with Crippen LogP contribution in [0.1, 0.15) is 6.42 Å². The third kappa shape index (κ3) is 2.00. The molecule has 0 aliphatic carbocycles. The molecular formula is C16H17N7. The molecule has 0 bridgehead atoms. The fourth-order valence-corrected chi connectivity index (χ4v) is 3.76. The third-order valence-electron chi connectivity index (χ3n) is 4.92. The first-order chi connectivity index (χ1) is 11.4. The van der Waals surface area contributed by atoms with Crippen molar-refractivity contribution in [1.29, 1.82) is 0 Å². The molecule has 2 aliphatic rings. The van der Waals surface area contributed by atoms with E-state index >= 15 is 0 Å². The summed E-state index contributed by atoms with van der Waals surface area (Å²) in [5.74, 6) is 1.55. The molecule has 5 rings (SSSR count). The Morgan fingerprint density at radius 2 is 2.13 bits per heavy atom. The number of anilines is 1. The van der Waals surface area contributed by atoms with Crippen LogP contribution in [0, 0.1) is 5.92 Å². The number of hydrogen-bond acceptors (Lipinski definition) is 6. The maximum absolute atomic E-state index is 4.81. The smallest absolute Gasteiger partial charge is 0.226 e. The zero-order chi connectivity index (χ0) is 15.2. The van der Waals surface area contributed by atoms with Gasteiger partial charge in [0.1, 0.15) is 0 Å². The minimum atomic E-state index is 0.524. The third-order valence-corrected chi connectivity index (χ3v) is 4.92. The second-order valence-electron chi connectivity index (χ2n) is 6.17. The Labute approximate surface area is 133 Å². The minimum absolute atomic E-state index is 0.524. The van der Waals surface area contributed by atoms with Gasteiger partial charge < -0.3 is 10.2 Å². The lowest BCUT2D eigenvalue weighted by atomic mass is 10.1. The summed E-state index contributed by atoms with van der Waals surface area (Å²) in [5.41, 5.74) is 2.84. The van der Waals surface area contributed by atoms with Crippen LogP contribution in [0.2, 0.25) is 0 Å². The van der Waals surface area contributed by atoms with Gasteiger partial charge in [0.05, 0.1) is 17.4 Å². The molecule has 3 aromatic rings.